The molecule has 0 aliphatic carbocycles. The monoisotopic (exact) mass is 570 g/mol. The number of allylic oxidation sites excluding steroid dienone is 1. The van der Waals surface area contributed by atoms with Crippen molar-refractivity contribution in [2.75, 3.05) is 19.8 Å². The van der Waals surface area contributed by atoms with Crippen LogP contribution in [0, 0.1) is 0 Å². The Bertz CT molecular complexity index is 1490. The fourth-order valence-electron chi connectivity index (χ4n) is 4.05. The van der Waals surface area contributed by atoms with E-state index in [1.54, 1.807) is 18.4 Å². The second-order valence-corrected chi connectivity index (χ2v) is 9.79. The summed E-state index contributed by atoms with van der Waals surface area (Å²) in [5, 5.41) is 0. The first-order chi connectivity index (χ1) is 17.4. The average Bonchev–Trinajstić information content (AvgIpc) is 3.15. The maximum absolute atomic E-state index is 13.7. The zero-order valence-corrected chi connectivity index (χ0v) is 22.9. The number of halogens is 1. The number of hydrogen-bond acceptors (Lipinski definition) is 7. The largest absolute Gasteiger partial charge is 0.494 e. The molecule has 0 bridgehead atoms. The van der Waals surface area contributed by atoms with Crippen LogP contribution in [-0.4, -0.2) is 30.4 Å². The highest BCUT2D eigenvalue weighted by Crippen LogP contribution is 2.32. The number of aromatic nitrogens is 1. The van der Waals surface area contributed by atoms with Crippen LogP contribution in [0.1, 0.15) is 44.9 Å². The van der Waals surface area contributed by atoms with Crippen LogP contribution in [0.5, 0.6) is 11.5 Å². The Morgan fingerprint density at radius 1 is 1.08 bits per heavy atom. The standard InChI is InChI=1S/C27H27BrN2O5S/c1-5-33-19-11-9-18(10-12-19)24-23(26(32)35-7-3)16(4)29-27-30(24)25(31)22(36-27)15-17-8-13-21(34-6-2)20(28)14-17/h8-15,24H,5-7H2,1-4H3/t24-/m0/s1. The summed E-state index contributed by atoms with van der Waals surface area (Å²) >= 11 is 4.82. The van der Waals surface area contributed by atoms with Crippen LogP contribution in [-0.2, 0) is 9.53 Å². The molecule has 0 amide bonds. The van der Waals surface area contributed by atoms with E-state index in [1.807, 2.05) is 62.4 Å². The van der Waals surface area contributed by atoms with Crippen molar-refractivity contribution in [3.8, 4) is 11.5 Å². The third-order valence-corrected chi connectivity index (χ3v) is 7.18. The van der Waals surface area contributed by atoms with Gasteiger partial charge in [0.25, 0.3) is 5.56 Å². The van der Waals surface area contributed by atoms with Gasteiger partial charge in [0.15, 0.2) is 4.80 Å². The van der Waals surface area contributed by atoms with E-state index < -0.39 is 12.0 Å². The van der Waals surface area contributed by atoms with Crippen LogP contribution in [0.3, 0.4) is 0 Å². The number of benzene rings is 2. The van der Waals surface area contributed by atoms with Gasteiger partial charge in [0.05, 0.1) is 46.1 Å². The summed E-state index contributed by atoms with van der Waals surface area (Å²) in [6.07, 6.45) is 1.82. The maximum atomic E-state index is 13.7. The average molecular weight is 571 g/mol. The van der Waals surface area contributed by atoms with Crippen molar-refractivity contribution in [2.45, 2.75) is 33.7 Å². The summed E-state index contributed by atoms with van der Waals surface area (Å²) < 4.78 is 19.4. The van der Waals surface area contributed by atoms with Gasteiger partial charge < -0.3 is 14.2 Å². The van der Waals surface area contributed by atoms with E-state index in [1.165, 1.54) is 11.3 Å². The molecular formula is C27H27BrN2O5S. The first kappa shape index (κ1) is 25.9. The zero-order chi connectivity index (χ0) is 25.8. The molecule has 1 aliphatic rings. The SMILES string of the molecule is CCOC(=O)C1=C(C)N=c2sc(=Cc3ccc(OCC)c(Br)c3)c(=O)n2[C@H]1c1ccc(OCC)cc1. The Hall–Kier alpha value is -3.17. The Morgan fingerprint density at radius 2 is 1.81 bits per heavy atom. The lowest BCUT2D eigenvalue weighted by Crippen LogP contribution is -2.39. The number of carbonyl (C=O) groups is 1. The van der Waals surface area contributed by atoms with Gasteiger partial charge in [-0.1, -0.05) is 29.5 Å². The Kier molecular flexibility index (Phi) is 8.11. The third kappa shape index (κ3) is 5.17. The number of ether oxygens (including phenoxy) is 3. The fraction of sp³-hybridized carbons (Fsp3) is 0.296. The summed E-state index contributed by atoms with van der Waals surface area (Å²) in [6.45, 7) is 8.70. The van der Waals surface area contributed by atoms with Gasteiger partial charge in [-0.15, -0.1) is 0 Å². The van der Waals surface area contributed by atoms with Crippen molar-refractivity contribution < 1.29 is 19.0 Å². The lowest BCUT2D eigenvalue weighted by atomic mass is 9.96. The molecule has 2 aromatic carbocycles. The second kappa shape index (κ2) is 11.3. The van der Waals surface area contributed by atoms with E-state index >= 15 is 0 Å². The fourth-order valence-corrected chi connectivity index (χ4v) is 5.61. The highest BCUT2D eigenvalue weighted by Gasteiger charge is 2.33. The molecule has 1 aliphatic heterocycles. The van der Waals surface area contributed by atoms with Gasteiger partial charge in [0, 0.05) is 0 Å². The molecule has 9 heteroatoms. The molecule has 0 saturated heterocycles. The minimum atomic E-state index is -0.662. The number of fused-ring (bicyclic) bond motifs is 1. The van der Waals surface area contributed by atoms with Crippen molar-refractivity contribution in [3.05, 3.63) is 89.0 Å². The molecule has 0 spiro atoms. The van der Waals surface area contributed by atoms with Crippen molar-refractivity contribution >= 4 is 39.3 Å². The van der Waals surface area contributed by atoms with Crippen LogP contribution in [0.4, 0.5) is 0 Å². The molecule has 0 radical (unpaired) electrons. The first-order valence-corrected chi connectivity index (χ1v) is 13.3. The summed E-state index contributed by atoms with van der Waals surface area (Å²) in [6, 6.07) is 12.4. The Morgan fingerprint density at radius 3 is 2.44 bits per heavy atom. The number of esters is 1. The molecule has 1 atom stereocenters. The van der Waals surface area contributed by atoms with Crippen molar-refractivity contribution in [1.29, 1.82) is 0 Å². The van der Waals surface area contributed by atoms with Gasteiger partial charge in [-0.2, -0.15) is 0 Å². The topological polar surface area (TPSA) is 79.1 Å². The molecule has 0 unspecified atom stereocenters. The van der Waals surface area contributed by atoms with Crippen LogP contribution < -0.4 is 24.4 Å². The molecule has 36 heavy (non-hydrogen) atoms. The number of nitrogens with zero attached hydrogens (tertiary/aromatic N) is 2. The Balaban J connectivity index is 1.87. The molecule has 0 N–H and O–H groups in total. The van der Waals surface area contributed by atoms with Gasteiger partial charge in [0.2, 0.25) is 0 Å². The molecule has 3 aromatic rings. The molecule has 4 rings (SSSR count). The summed E-state index contributed by atoms with van der Waals surface area (Å²) in [7, 11) is 0. The molecule has 7 nitrogen and oxygen atoms in total. The molecular weight excluding hydrogens is 544 g/mol. The van der Waals surface area contributed by atoms with E-state index in [4.69, 9.17) is 14.2 Å². The lowest BCUT2D eigenvalue weighted by Gasteiger charge is -2.24. The quantitative estimate of drug-likeness (QED) is 0.376. The van der Waals surface area contributed by atoms with E-state index in [-0.39, 0.29) is 12.2 Å². The molecule has 0 fully saturated rings. The summed E-state index contributed by atoms with van der Waals surface area (Å²) in [4.78, 5) is 31.9. The second-order valence-electron chi connectivity index (χ2n) is 7.93. The normalized spacial score (nSPS) is 15.4. The molecule has 1 aromatic heterocycles. The number of carbonyl (C=O) groups excluding carboxylic acids is 1. The van der Waals surface area contributed by atoms with Crippen molar-refractivity contribution in [1.82, 2.24) is 4.57 Å². The molecule has 188 valence electrons. The van der Waals surface area contributed by atoms with E-state index in [9.17, 15) is 9.59 Å². The van der Waals surface area contributed by atoms with Crippen molar-refractivity contribution in [3.63, 3.8) is 0 Å². The van der Waals surface area contributed by atoms with Gasteiger partial charge in [-0.05, 0) is 85.1 Å². The van der Waals surface area contributed by atoms with Gasteiger partial charge in [0.1, 0.15) is 11.5 Å². The van der Waals surface area contributed by atoms with E-state index in [2.05, 4.69) is 20.9 Å². The number of thiazole rings is 1. The van der Waals surface area contributed by atoms with Crippen LogP contribution in [0.25, 0.3) is 6.08 Å². The van der Waals surface area contributed by atoms with Crippen LogP contribution in [0.2, 0.25) is 0 Å². The van der Waals surface area contributed by atoms with E-state index in [0.717, 1.165) is 21.3 Å². The van der Waals surface area contributed by atoms with Gasteiger partial charge in [-0.3, -0.25) is 9.36 Å². The lowest BCUT2D eigenvalue weighted by molar-refractivity contribution is -0.139. The Labute approximate surface area is 221 Å². The number of hydrogen-bond donors (Lipinski definition) is 0. The molecule has 0 saturated carbocycles. The zero-order valence-electron chi connectivity index (χ0n) is 20.5. The molecule has 2 heterocycles. The highest BCUT2D eigenvalue weighted by molar-refractivity contribution is 9.10. The van der Waals surface area contributed by atoms with Crippen LogP contribution in [0.15, 0.2) is 68.0 Å². The number of rotatable bonds is 8. The highest BCUT2D eigenvalue weighted by atomic mass is 79.9. The maximum Gasteiger partial charge on any atom is 0.338 e. The summed E-state index contributed by atoms with van der Waals surface area (Å²) in [5.41, 5.74) is 2.27. The minimum Gasteiger partial charge on any atom is -0.494 e. The summed E-state index contributed by atoms with van der Waals surface area (Å²) in [5.74, 6) is 0.969. The van der Waals surface area contributed by atoms with Gasteiger partial charge >= 0.3 is 5.97 Å². The van der Waals surface area contributed by atoms with Crippen molar-refractivity contribution in [2.24, 2.45) is 4.99 Å². The van der Waals surface area contributed by atoms with E-state index in [0.29, 0.717) is 39.6 Å². The third-order valence-electron chi connectivity index (χ3n) is 5.58. The first-order valence-electron chi connectivity index (χ1n) is 11.7. The predicted molar refractivity (Wildman–Crippen MR) is 143 cm³/mol. The predicted octanol–water partition coefficient (Wildman–Crippen LogP) is 4.36. The van der Waals surface area contributed by atoms with Crippen LogP contribution >= 0.6 is 27.3 Å². The van der Waals surface area contributed by atoms with Gasteiger partial charge in [-0.25, -0.2) is 9.79 Å². The minimum absolute atomic E-state index is 0.225. The smallest absolute Gasteiger partial charge is 0.338 e.